The number of rotatable bonds is 4. The van der Waals surface area contributed by atoms with E-state index in [-0.39, 0.29) is 5.91 Å². The molecule has 2 atom stereocenters. The molecule has 2 aliphatic rings. The van der Waals surface area contributed by atoms with E-state index < -0.39 is 0 Å². The number of hydrogen-bond donors (Lipinski definition) is 0. The number of aryl methyl sites for hydroxylation is 1. The molecule has 4 rings (SSSR count). The van der Waals surface area contributed by atoms with Crippen molar-refractivity contribution in [3.63, 3.8) is 0 Å². The fourth-order valence-corrected chi connectivity index (χ4v) is 5.63. The molecule has 1 aliphatic heterocycles. The second-order valence-corrected chi connectivity index (χ2v) is 9.56. The topological polar surface area (TPSA) is 59.2 Å². The smallest absolute Gasteiger partial charge is 0.277 e. The van der Waals surface area contributed by atoms with Gasteiger partial charge in [-0.25, -0.2) is 0 Å². The number of aromatic nitrogens is 2. The van der Waals surface area contributed by atoms with E-state index in [0.29, 0.717) is 22.9 Å². The van der Waals surface area contributed by atoms with E-state index in [0.717, 1.165) is 43.0 Å². The Labute approximate surface area is 162 Å². The van der Waals surface area contributed by atoms with Crippen molar-refractivity contribution in [2.45, 2.75) is 63.6 Å². The van der Waals surface area contributed by atoms with Crippen molar-refractivity contribution in [1.82, 2.24) is 15.1 Å². The molecule has 7 heteroatoms. The van der Waals surface area contributed by atoms with Crippen molar-refractivity contribution in [2.24, 2.45) is 5.92 Å². The fraction of sp³-hybridized carbons (Fsp3) is 0.632. The van der Waals surface area contributed by atoms with Gasteiger partial charge in [0.15, 0.2) is 0 Å². The van der Waals surface area contributed by atoms with Crippen molar-refractivity contribution in [2.75, 3.05) is 12.3 Å². The summed E-state index contributed by atoms with van der Waals surface area (Å²) in [5.74, 6) is 1.87. The number of amides is 1. The van der Waals surface area contributed by atoms with Crippen LogP contribution in [0.5, 0.6) is 0 Å². The Morgan fingerprint density at radius 2 is 2.23 bits per heavy atom. The van der Waals surface area contributed by atoms with E-state index in [1.54, 1.807) is 11.3 Å². The minimum atomic E-state index is 0.169. The van der Waals surface area contributed by atoms with Gasteiger partial charge in [-0.05, 0) is 63.0 Å². The van der Waals surface area contributed by atoms with E-state index in [9.17, 15) is 4.79 Å². The zero-order valence-corrected chi connectivity index (χ0v) is 17.0. The van der Waals surface area contributed by atoms with Crippen LogP contribution in [0.3, 0.4) is 0 Å². The first-order valence-electron chi connectivity index (χ1n) is 9.48. The van der Waals surface area contributed by atoms with Crippen molar-refractivity contribution in [1.29, 1.82) is 0 Å². The molecule has 1 fully saturated rings. The first-order chi connectivity index (χ1) is 12.6. The standard InChI is InChI=1S/C19H25N3O2S2/c1-12-6-7-15-14(9-12)10-16(26-15)18-20-21-19(24-18)25-11-17(23)22-8-4-3-5-13(22)2/h10,12-13H,3-9,11H2,1-2H3/t12-,13+/m1/s1. The first-order valence-corrected chi connectivity index (χ1v) is 11.3. The lowest BCUT2D eigenvalue weighted by Crippen LogP contribution is -2.42. The third-order valence-electron chi connectivity index (χ3n) is 5.39. The van der Waals surface area contributed by atoms with Crippen LogP contribution in [0.2, 0.25) is 0 Å². The Morgan fingerprint density at radius 1 is 1.35 bits per heavy atom. The van der Waals surface area contributed by atoms with Gasteiger partial charge < -0.3 is 9.32 Å². The SMILES string of the molecule is C[C@@H]1CCc2sc(-c3nnc(SCC(=O)N4CCCC[C@@H]4C)o3)cc2C1. The largest absolute Gasteiger partial charge is 0.410 e. The highest BCUT2D eigenvalue weighted by Gasteiger charge is 2.24. The van der Waals surface area contributed by atoms with Gasteiger partial charge in [0.25, 0.3) is 11.1 Å². The average Bonchev–Trinajstić information content (AvgIpc) is 3.26. The molecule has 140 valence electrons. The molecule has 1 amide bonds. The highest BCUT2D eigenvalue weighted by atomic mass is 32.2. The maximum absolute atomic E-state index is 12.4. The number of likely N-dealkylation sites (tertiary alicyclic amines) is 1. The quantitative estimate of drug-likeness (QED) is 0.722. The second kappa shape index (κ2) is 7.72. The number of carbonyl (C=O) groups excluding carboxylic acids is 1. The number of thiophene rings is 1. The van der Waals surface area contributed by atoms with Gasteiger partial charge in [0.2, 0.25) is 5.91 Å². The number of hydrogen-bond acceptors (Lipinski definition) is 6. The van der Waals surface area contributed by atoms with Crippen LogP contribution in [0.15, 0.2) is 15.7 Å². The Kier molecular flexibility index (Phi) is 5.36. The van der Waals surface area contributed by atoms with Crippen LogP contribution in [0.4, 0.5) is 0 Å². The van der Waals surface area contributed by atoms with Gasteiger partial charge >= 0.3 is 0 Å². The van der Waals surface area contributed by atoms with Crippen LogP contribution in [0.1, 0.15) is 50.0 Å². The molecule has 0 N–H and O–H groups in total. The minimum Gasteiger partial charge on any atom is -0.410 e. The van der Waals surface area contributed by atoms with Crippen LogP contribution >= 0.6 is 23.1 Å². The summed E-state index contributed by atoms with van der Waals surface area (Å²) < 4.78 is 5.82. The molecule has 2 aromatic rings. The molecule has 2 aromatic heterocycles. The summed E-state index contributed by atoms with van der Waals surface area (Å²) in [4.78, 5) is 16.9. The zero-order chi connectivity index (χ0) is 18.1. The van der Waals surface area contributed by atoms with Crippen LogP contribution in [0.25, 0.3) is 10.8 Å². The maximum atomic E-state index is 12.4. The molecule has 1 aliphatic carbocycles. The normalized spacial score (nSPS) is 23.1. The number of piperidine rings is 1. The predicted octanol–water partition coefficient (Wildman–Crippen LogP) is 4.42. The lowest BCUT2D eigenvalue weighted by molar-refractivity contribution is -0.131. The molecular formula is C19H25N3O2S2. The maximum Gasteiger partial charge on any atom is 0.277 e. The first kappa shape index (κ1) is 18.0. The Balaban J connectivity index is 1.38. The summed E-state index contributed by atoms with van der Waals surface area (Å²) >= 11 is 3.12. The summed E-state index contributed by atoms with van der Waals surface area (Å²) in [5, 5.41) is 8.82. The van der Waals surface area contributed by atoms with Crippen molar-refractivity contribution in [3.8, 4) is 10.8 Å². The monoisotopic (exact) mass is 391 g/mol. The van der Waals surface area contributed by atoms with Crippen LogP contribution in [0, 0.1) is 5.92 Å². The number of nitrogens with zero attached hydrogens (tertiary/aromatic N) is 3. The number of carbonyl (C=O) groups is 1. The number of thioether (sulfide) groups is 1. The van der Waals surface area contributed by atoms with Gasteiger partial charge in [-0.3, -0.25) is 4.79 Å². The van der Waals surface area contributed by atoms with Crippen molar-refractivity contribution >= 4 is 29.0 Å². The molecule has 26 heavy (non-hydrogen) atoms. The molecule has 0 radical (unpaired) electrons. The van der Waals surface area contributed by atoms with Gasteiger partial charge in [-0.15, -0.1) is 21.5 Å². The predicted molar refractivity (Wildman–Crippen MR) is 105 cm³/mol. The van der Waals surface area contributed by atoms with Gasteiger partial charge in [0, 0.05) is 17.5 Å². The third-order valence-corrected chi connectivity index (χ3v) is 7.42. The Morgan fingerprint density at radius 3 is 3.08 bits per heavy atom. The Bertz CT molecular complexity index is 786. The van der Waals surface area contributed by atoms with Crippen molar-refractivity contribution < 1.29 is 9.21 Å². The third kappa shape index (κ3) is 3.83. The molecule has 0 bridgehead atoms. The summed E-state index contributed by atoms with van der Waals surface area (Å²) in [6.07, 6.45) is 6.98. The molecular weight excluding hydrogens is 366 g/mol. The second-order valence-electron chi connectivity index (χ2n) is 7.50. The van der Waals surface area contributed by atoms with Gasteiger partial charge in [-0.2, -0.15) is 0 Å². The summed E-state index contributed by atoms with van der Waals surface area (Å²) in [6, 6.07) is 2.55. The molecule has 0 saturated carbocycles. The molecule has 0 spiro atoms. The fourth-order valence-electron chi connectivity index (χ4n) is 3.85. The van der Waals surface area contributed by atoms with E-state index in [2.05, 4.69) is 30.1 Å². The lowest BCUT2D eigenvalue weighted by atomic mass is 9.90. The van der Waals surface area contributed by atoms with Crippen molar-refractivity contribution in [3.05, 3.63) is 16.5 Å². The summed E-state index contributed by atoms with van der Waals surface area (Å²) in [6.45, 7) is 5.31. The molecule has 0 aromatic carbocycles. The van der Waals surface area contributed by atoms with E-state index in [4.69, 9.17) is 4.42 Å². The van der Waals surface area contributed by atoms with E-state index >= 15 is 0 Å². The molecule has 5 nitrogen and oxygen atoms in total. The van der Waals surface area contributed by atoms with Crippen LogP contribution < -0.4 is 0 Å². The van der Waals surface area contributed by atoms with Gasteiger partial charge in [0.05, 0.1) is 10.6 Å². The van der Waals surface area contributed by atoms with Crippen LogP contribution in [-0.2, 0) is 17.6 Å². The van der Waals surface area contributed by atoms with E-state index in [1.165, 1.54) is 35.0 Å². The van der Waals surface area contributed by atoms with E-state index in [1.807, 2.05) is 4.90 Å². The highest BCUT2D eigenvalue weighted by molar-refractivity contribution is 7.99. The van der Waals surface area contributed by atoms with Gasteiger partial charge in [0.1, 0.15) is 0 Å². The van der Waals surface area contributed by atoms with Crippen LogP contribution in [-0.4, -0.2) is 39.3 Å². The summed E-state index contributed by atoms with van der Waals surface area (Å²) in [5.41, 5.74) is 1.44. The highest BCUT2D eigenvalue weighted by Crippen LogP contribution is 2.37. The molecule has 1 saturated heterocycles. The summed E-state index contributed by atoms with van der Waals surface area (Å²) in [7, 11) is 0. The zero-order valence-electron chi connectivity index (χ0n) is 15.4. The Hall–Kier alpha value is -1.34. The molecule has 3 heterocycles. The minimum absolute atomic E-state index is 0.169. The molecule has 0 unspecified atom stereocenters. The lowest BCUT2D eigenvalue weighted by Gasteiger charge is -2.33. The number of fused-ring (bicyclic) bond motifs is 1. The average molecular weight is 392 g/mol. The van der Waals surface area contributed by atoms with Gasteiger partial charge in [-0.1, -0.05) is 18.7 Å².